The Morgan fingerprint density at radius 2 is 1.26 bits per heavy atom. The van der Waals surface area contributed by atoms with Crippen molar-refractivity contribution in [2.75, 3.05) is 26.3 Å². The Morgan fingerprint density at radius 3 is 1.84 bits per heavy atom. The molecule has 6 aliphatic carbocycles. The van der Waals surface area contributed by atoms with Crippen LogP contribution in [0.3, 0.4) is 0 Å². The van der Waals surface area contributed by atoms with Gasteiger partial charge in [0.05, 0.1) is 12.2 Å². The number of nitrogens with one attached hydrogen (secondary N) is 2. The molecule has 6 nitrogen and oxygen atoms in total. The van der Waals surface area contributed by atoms with Crippen molar-refractivity contribution < 1.29 is 19.1 Å². The summed E-state index contributed by atoms with van der Waals surface area (Å²) >= 11 is 0. The third-order valence-electron chi connectivity index (χ3n) is 11.4. The SMILES string of the molecule is CC(C)OCCCCCCCNC(=O)CC12CC(CC(C)OCCCCCCCNC(=O)CC34CCCC(C3)C4)C(C1)C2. The predicted molar refractivity (Wildman–Crippen MR) is 175 cm³/mol. The zero-order valence-corrected chi connectivity index (χ0v) is 28.2. The average Bonchev–Trinajstić information content (AvgIpc) is 3.44. The number of carbonyl (C=O) groups excluding carboxylic acids is 2. The Morgan fingerprint density at radius 1 is 0.698 bits per heavy atom. The van der Waals surface area contributed by atoms with Crippen LogP contribution in [0.4, 0.5) is 0 Å². The van der Waals surface area contributed by atoms with Crippen LogP contribution < -0.4 is 10.6 Å². The van der Waals surface area contributed by atoms with E-state index in [4.69, 9.17) is 9.47 Å². The van der Waals surface area contributed by atoms with Crippen LogP contribution >= 0.6 is 0 Å². The largest absolute Gasteiger partial charge is 0.379 e. The molecule has 4 bridgehead atoms. The van der Waals surface area contributed by atoms with Gasteiger partial charge in [-0.2, -0.15) is 0 Å². The van der Waals surface area contributed by atoms with Crippen LogP contribution in [0.15, 0.2) is 0 Å². The molecule has 0 aromatic carbocycles. The summed E-state index contributed by atoms with van der Waals surface area (Å²) in [7, 11) is 0. The van der Waals surface area contributed by atoms with E-state index in [9.17, 15) is 9.59 Å². The second-order valence-corrected chi connectivity index (χ2v) is 15.7. The molecule has 2 atom stereocenters. The van der Waals surface area contributed by atoms with Crippen molar-refractivity contribution in [1.82, 2.24) is 10.6 Å². The molecule has 2 N–H and O–H groups in total. The lowest BCUT2D eigenvalue weighted by molar-refractivity contribution is -0.128. The van der Waals surface area contributed by atoms with Crippen LogP contribution in [0, 0.1) is 28.6 Å². The smallest absolute Gasteiger partial charge is 0.220 e. The van der Waals surface area contributed by atoms with E-state index in [1.54, 1.807) is 0 Å². The molecule has 6 rings (SSSR count). The molecule has 43 heavy (non-hydrogen) atoms. The van der Waals surface area contributed by atoms with E-state index >= 15 is 0 Å². The normalized spacial score (nSPS) is 29.6. The van der Waals surface area contributed by atoms with Gasteiger partial charge in [0.15, 0.2) is 0 Å². The third kappa shape index (κ3) is 11.6. The molecule has 0 aromatic heterocycles. The molecule has 0 heterocycles. The highest BCUT2D eigenvalue weighted by Gasteiger charge is 2.56. The van der Waals surface area contributed by atoms with E-state index in [1.807, 2.05) is 0 Å². The molecule has 6 fully saturated rings. The summed E-state index contributed by atoms with van der Waals surface area (Å²) in [6.45, 7) is 9.81. The topological polar surface area (TPSA) is 76.7 Å². The Hall–Kier alpha value is -1.14. The minimum atomic E-state index is 0.270. The van der Waals surface area contributed by atoms with Crippen molar-refractivity contribution >= 4 is 11.8 Å². The van der Waals surface area contributed by atoms with Gasteiger partial charge < -0.3 is 20.1 Å². The number of ether oxygens (including phenoxy) is 2. The molecule has 0 spiro atoms. The first kappa shape index (κ1) is 34.7. The lowest BCUT2D eigenvalue weighted by Crippen LogP contribution is -2.44. The van der Waals surface area contributed by atoms with Gasteiger partial charge in [0.25, 0.3) is 0 Å². The number of hydrogen-bond acceptors (Lipinski definition) is 4. The summed E-state index contributed by atoms with van der Waals surface area (Å²) in [4.78, 5) is 25.0. The summed E-state index contributed by atoms with van der Waals surface area (Å²) in [5, 5.41) is 6.39. The second-order valence-electron chi connectivity index (χ2n) is 15.7. The first-order valence-corrected chi connectivity index (χ1v) is 18.5. The van der Waals surface area contributed by atoms with Crippen LogP contribution in [-0.4, -0.2) is 50.3 Å². The Kier molecular flexibility index (Phi) is 14.2. The molecule has 6 saturated carbocycles. The number of unbranched alkanes of at least 4 members (excludes halogenated alkanes) is 8. The van der Waals surface area contributed by atoms with Crippen LogP contribution in [0.2, 0.25) is 0 Å². The van der Waals surface area contributed by atoms with Crippen LogP contribution in [0.5, 0.6) is 0 Å². The maximum absolute atomic E-state index is 12.6. The second kappa shape index (κ2) is 17.5. The molecule has 2 unspecified atom stereocenters. The fourth-order valence-electron chi connectivity index (χ4n) is 9.21. The molecule has 0 saturated heterocycles. The predicted octanol–water partition coefficient (Wildman–Crippen LogP) is 8.12. The standard InChI is InChI=1S/C37H66N2O4/c1-29(2)42-19-12-8-4-6-11-18-39-35(41)28-37-24-32(33(25-37)26-37)21-30(3)43-20-13-9-5-7-10-17-38-34(40)27-36-16-14-15-31(22-36)23-36/h29-33H,4-28H2,1-3H3,(H,38,40)(H,39,41). The van der Waals surface area contributed by atoms with E-state index in [2.05, 4.69) is 31.4 Å². The minimum absolute atomic E-state index is 0.270. The van der Waals surface area contributed by atoms with Gasteiger partial charge in [-0.25, -0.2) is 0 Å². The molecule has 2 amide bonds. The van der Waals surface area contributed by atoms with E-state index < -0.39 is 0 Å². The zero-order chi connectivity index (χ0) is 30.5. The minimum Gasteiger partial charge on any atom is -0.379 e. The first-order chi connectivity index (χ1) is 20.8. The summed E-state index contributed by atoms with van der Waals surface area (Å²) in [6, 6.07) is 0. The third-order valence-corrected chi connectivity index (χ3v) is 11.4. The van der Waals surface area contributed by atoms with Gasteiger partial charge in [0, 0.05) is 39.1 Å². The zero-order valence-electron chi connectivity index (χ0n) is 28.2. The maximum Gasteiger partial charge on any atom is 0.220 e. The molecule has 6 heteroatoms. The lowest BCUT2D eigenvalue weighted by atomic mass is 9.53. The van der Waals surface area contributed by atoms with Gasteiger partial charge in [0.2, 0.25) is 11.8 Å². The number of fused-ring (bicyclic) bond motifs is 3. The highest BCUT2D eigenvalue weighted by Crippen LogP contribution is 2.64. The van der Waals surface area contributed by atoms with Gasteiger partial charge in [-0.1, -0.05) is 51.4 Å². The van der Waals surface area contributed by atoms with E-state index in [0.29, 0.717) is 17.6 Å². The van der Waals surface area contributed by atoms with Crippen molar-refractivity contribution in [3.05, 3.63) is 0 Å². The molecule has 6 aliphatic rings. The molecule has 0 aromatic rings. The van der Waals surface area contributed by atoms with Crippen LogP contribution in [0.25, 0.3) is 0 Å². The Labute approximate surface area is 264 Å². The Balaban J connectivity index is 0.924. The van der Waals surface area contributed by atoms with Crippen LogP contribution in [-0.2, 0) is 19.1 Å². The molecule has 248 valence electrons. The Bertz CT molecular complexity index is 827. The summed E-state index contributed by atoms with van der Waals surface area (Å²) in [5.41, 5.74) is 0.661. The number of amides is 2. The molecular formula is C37H66N2O4. The van der Waals surface area contributed by atoms with Gasteiger partial charge in [-0.05, 0) is 120 Å². The highest BCUT2D eigenvalue weighted by molar-refractivity contribution is 5.77. The average molecular weight is 603 g/mol. The number of rotatable bonds is 24. The van der Waals surface area contributed by atoms with Gasteiger partial charge >= 0.3 is 0 Å². The number of carbonyl (C=O) groups is 2. The maximum atomic E-state index is 12.6. The van der Waals surface area contributed by atoms with Gasteiger partial charge in [0.1, 0.15) is 0 Å². The summed E-state index contributed by atoms with van der Waals surface area (Å²) in [5.74, 6) is 3.03. The van der Waals surface area contributed by atoms with Gasteiger partial charge in [-0.15, -0.1) is 0 Å². The summed E-state index contributed by atoms with van der Waals surface area (Å²) in [6.07, 6.45) is 25.3. The lowest BCUT2D eigenvalue weighted by Gasteiger charge is -2.52. The van der Waals surface area contributed by atoms with Crippen molar-refractivity contribution in [2.45, 2.75) is 168 Å². The first-order valence-electron chi connectivity index (χ1n) is 18.5. The van der Waals surface area contributed by atoms with E-state index in [-0.39, 0.29) is 17.2 Å². The summed E-state index contributed by atoms with van der Waals surface area (Å²) < 4.78 is 11.8. The highest BCUT2D eigenvalue weighted by atomic mass is 16.5. The van der Waals surface area contributed by atoms with E-state index in [0.717, 1.165) is 89.0 Å². The van der Waals surface area contributed by atoms with Crippen LogP contribution in [0.1, 0.15) is 156 Å². The molecule has 0 aliphatic heterocycles. The molecule has 0 radical (unpaired) electrons. The number of hydrogen-bond donors (Lipinski definition) is 2. The monoisotopic (exact) mass is 603 g/mol. The van der Waals surface area contributed by atoms with Gasteiger partial charge in [-0.3, -0.25) is 9.59 Å². The quantitative estimate of drug-likeness (QED) is 0.109. The fourth-order valence-corrected chi connectivity index (χ4v) is 9.21. The van der Waals surface area contributed by atoms with Crippen molar-refractivity contribution in [3.8, 4) is 0 Å². The van der Waals surface area contributed by atoms with E-state index in [1.165, 1.54) is 89.9 Å². The fraction of sp³-hybridized carbons (Fsp3) is 0.946. The van der Waals surface area contributed by atoms with Crippen molar-refractivity contribution in [1.29, 1.82) is 0 Å². The van der Waals surface area contributed by atoms with Crippen molar-refractivity contribution in [3.63, 3.8) is 0 Å². The van der Waals surface area contributed by atoms with Crippen molar-refractivity contribution in [2.24, 2.45) is 28.6 Å². The molecular weight excluding hydrogens is 536 g/mol.